The molecule has 21 heavy (non-hydrogen) atoms. The first-order valence-electron chi connectivity index (χ1n) is 7.56. The lowest BCUT2D eigenvalue weighted by molar-refractivity contribution is 0.285. The summed E-state index contributed by atoms with van der Waals surface area (Å²) in [6.07, 6.45) is 3.43. The first-order valence-corrected chi connectivity index (χ1v) is 7.94. The summed E-state index contributed by atoms with van der Waals surface area (Å²) in [6.45, 7) is 6.82. The third kappa shape index (κ3) is 5.67. The molecule has 1 aliphatic rings. The van der Waals surface area contributed by atoms with Gasteiger partial charge >= 0.3 is 0 Å². The van der Waals surface area contributed by atoms with Crippen LogP contribution in [0.2, 0.25) is 5.02 Å². The van der Waals surface area contributed by atoms with Gasteiger partial charge in [0.2, 0.25) is 0 Å². The molecule has 1 atom stereocenters. The SMILES string of the molecule is CCCCOc1ccc(Cl)cc1CN1CC[C@@H](CN)C1.Cl. The van der Waals surface area contributed by atoms with E-state index in [1.807, 2.05) is 18.2 Å². The number of unbranched alkanes of at least 4 members (excludes halogenated alkanes) is 1. The van der Waals surface area contributed by atoms with Crippen molar-refractivity contribution in [3.63, 3.8) is 0 Å². The van der Waals surface area contributed by atoms with Gasteiger partial charge in [0.25, 0.3) is 0 Å². The summed E-state index contributed by atoms with van der Waals surface area (Å²) in [5.74, 6) is 1.61. The maximum Gasteiger partial charge on any atom is 0.123 e. The topological polar surface area (TPSA) is 38.5 Å². The molecule has 0 saturated carbocycles. The molecule has 5 heteroatoms. The molecule has 0 spiro atoms. The summed E-state index contributed by atoms with van der Waals surface area (Å²) < 4.78 is 5.89. The van der Waals surface area contributed by atoms with Crippen molar-refractivity contribution in [2.45, 2.75) is 32.7 Å². The van der Waals surface area contributed by atoms with Crippen molar-refractivity contribution >= 4 is 24.0 Å². The lowest BCUT2D eigenvalue weighted by Crippen LogP contribution is -2.23. The molecule has 1 aromatic rings. The zero-order valence-corrected chi connectivity index (χ0v) is 14.3. The maximum atomic E-state index is 6.13. The van der Waals surface area contributed by atoms with Gasteiger partial charge in [-0.15, -0.1) is 12.4 Å². The Kier molecular flexibility index (Phi) is 8.42. The van der Waals surface area contributed by atoms with Crippen LogP contribution in [0.4, 0.5) is 0 Å². The standard InChI is InChI=1S/C16H25ClN2O.ClH/c1-2-3-8-20-16-5-4-15(17)9-14(16)12-19-7-6-13(10-18)11-19;/h4-5,9,13H,2-3,6-8,10-12,18H2,1H3;1H/t13-;/m0./s1. The van der Waals surface area contributed by atoms with Crippen LogP contribution in [0.3, 0.4) is 0 Å². The van der Waals surface area contributed by atoms with Gasteiger partial charge in [0.1, 0.15) is 5.75 Å². The summed E-state index contributed by atoms with van der Waals surface area (Å²) in [5.41, 5.74) is 6.94. The highest BCUT2D eigenvalue weighted by molar-refractivity contribution is 6.30. The van der Waals surface area contributed by atoms with Gasteiger partial charge in [-0.1, -0.05) is 24.9 Å². The van der Waals surface area contributed by atoms with E-state index in [9.17, 15) is 0 Å². The van der Waals surface area contributed by atoms with Crippen molar-refractivity contribution in [2.24, 2.45) is 11.7 Å². The van der Waals surface area contributed by atoms with E-state index in [1.54, 1.807) is 0 Å². The number of halogens is 2. The molecule has 1 saturated heterocycles. The Balaban J connectivity index is 0.00000220. The molecule has 2 N–H and O–H groups in total. The third-order valence-corrected chi connectivity index (χ3v) is 4.11. The molecule has 0 bridgehead atoms. The van der Waals surface area contributed by atoms with E-state index in [4.69, 9.17) is 22.1 Å². The van der Waals surface area contributed by atoms with Crippen LogP contribution in [0.5, 0.6) is 5.75 Å². The van der Waals surface area contributed by atoms with E-state index >= 15 is 0 Å². The monoisotopic (exact) mass is 332 g/mol. The number of nitrogens with two attached hydrogens (primary N) is 1. The van der Waals surface area contributed by atoms with Crippen molar-refractivity contribution in [3.05, 3.63) is 28.8 Å². The van der Waals surface area contributed by atoms with Crippen LogP contribution in [0.15, 0.2) is 18.2 Å². The van der Waals surface area contributed by atoms with Gasteiger partial charge in [-0.2, -0.15) is 0 Å². The molecule has 0 radical (unpaired) electrons. The first-order chi connectivity index (χ1) is 9.72. The van der Waals surface area contributed by atoms with Crippen molar-refractivity contribution in [2.75, 3.05) is 26.2 Å². The summed E-state index contributed by atoms with van der Waals surface area (Å²) >= 11 is 6.13. The Morgan fingerprint density at radius 2 is 2.24 bits per heavy atom. The van der Waals surface area contributed by atoms with Gasteiger partial charge in [-0.05, 0) is 50.0 Å². The van der Waals surface area contributed by atoms with Crippen LogP contribution >= 0.6 is 24.0 Å². The average molecular weight is 333 g/mol. The molecule has 1 aliphatic heterocycles. The van der Waals surface area contributed by atoms with Crippen LogP contribution in [-0.2, 0) is 6.54 Å². The predicted octanol–water partition coefficient (Wildman–Crippen LogP) is 3.72. The molecule has 0 unspecified atom stereocenters. The smallest absolute Gasteiger partial charge is 0.123 e. The summed E-state index contributed by atoms with van der Waals surface area (Å²) in [6, 6.07) is 5.92. The Labute approximate surface area is 139 Å². The van der Waals surface area contributed by atoms with E-state index in [-0.39, 0.29) is 12.4 Å². The van der Waals surface area contributed by atoms with Gasteiger partial charge in [-0.3, -0.25) is 4.90 Å². The molecule has 120 valence electrons. The predicted molar refractivity (Wildman–Crippen MR) is 91.5 cm³/mol. The normalized spacial score (nSPS) is 18.5. The number of benzene rings is 1. The number of nitrogens with zero attached hydrogens (tertiary/aromatic N) is 1. The van der Waals surface area contributed by atoms with Gasteiger partial charge in [0.05, 0.1) is 6.61 Å². The molecular formula is C16H26Cl2N2O. The zero-order chi connectivity index (χ0) is 14.4. The second kappa shape index (κ2) is 9.52. The second-order valence-corrected chi connectivity index (χ2v) is 6.02. The fraction of sp³-hybridized carbons (Fsp3) is 0.625. The van der Waals surface area contributed by atoms with Crippen LogP contribution in [0, 0.1) is 5.92 Å². The highest BCUT2D eigenvalue weighted by Gasteiger charge is 2.22. The molecule has 1 fully saturated rings. The lowest BCUT2D eigenvalue weighted by Gasteiger charge is -2.18. The molecule has 3 nitrogen and oxygen atoms in total. The largest absolute Gasteiger partial charge is 0.493 e. The minimum absolute atomic E-state index is 0. The quantitative estimate of drug-likeness (QED) is 0.773. The van der Waals surface area contributed by atoms with E-state index in [0.717, 1.165) is 56.4 Å². The minimum Gasteiger partial charge on any atom is -0.493 e. The summed E-state index contributed by atoms with van der Waals surface area (Å²) in [7, 11) is 0. The maximum absolute atomic E-state index is 6.13. The Morgan fingerprint density at radius 1 is 1.43 bits per heavy atom. The average Bonchev–Trinajstić information content (AvgIpc) is 2.89. The first kappa shape index (κ1) is 18.6. The number of rotatable bonds is 7. The second-order valence-electron chi connectivity index (χ2n) is 5.58. The Morgan fingerprint density at radius 3 is 2.90 bits per heavy atom. The number of hydrogen-bond acceptors (Lipinski definition) is 3. The van der Waals surface area contributed by atoms with E-state index in [0.29, 0.717) is 5.92 Å². The Hall–Kier alpha value is -0.480. The molecule has 0 aliphatic carbocycles. The summed E-state index contributed by atoms with van der Waals surface area (Å²) in [4.78, 5) is 2.44. The summed E-state index contributed by atoms with van der Waals surface area (Å²) in [5, 5.41) is 0.775. The Bertz CT molecular complexity index is 429. The lowest BCUT2D eigenvalue weighted by atomic mass is 10.1. The van der Waals surface area contributed by atoms with E-state index < -0.39 is 0 Å². The van der Waals surface area contributed by atoms with Crippen molar-refractivity contribution < 1.29 is 4.74 Å². The van der Waals surface area contributed by atoms with E-state index in [2.05, 4.69) is 11.8 Å². The molecule has 1 aromatic carbocycles. The molecule has 1 heterocycles. The van der Waals surface area contributed by atoms with Crippen LogP contribution in [0.1, 0.15) is 31.7 Å². The fourth-order valence-corrected chi connectivity index (χ4v) is 2.82. The van der Waals surface area contributed by atoms with Gasteiger partial charge < -0.3 is 10.5 Å². The van der Waals surface area contributed by atoms with Crippen molar-refractivity contribution in [3.8, 4) is 5.75 Å². The minimum atomic E-state index is 0. The van der Waals surface area contributed by atoms with Gasteiger partial charge in [0, 0.05) is 23.7 Å². The molecule has 2 rings (SSSR count). The van der Waals surface area contributed by atoms with Crippen molar-refractivity contribution in [1.29, 1.82) is 0 Å². The highest BCUT2D eigenvalue weighted by Crippen LogP contribution is 2.26. The number of hydrogen-bond donors (Lipinski definition) is 1. The number of likely N-dealkylation sites (tertiary alicyclic amines) is 1. The van der Waals surface area contributed by atoms with Gasteiger partial charge in [0.15, 0.2) is 0 Å². The van der Waals surface area contributed by atoms with Crippen LogP contribution in [0.25, 0.3) is 0 Å². The zero-order valence-electron chi connectivity index (χ0n) is 12.7. The molecular weight excluding hydrogens is 307 g/mol. The van der Waals surface area contributed by atoms with Crippen LogP contribution in [-0.4, -0.2) is 31.1 Å². The fourth-order valence-electron chi connectivity index (χ4n) is 2.63. The van der Waals surface area contributed by atoms with Crippen molar-refractivity contribution in [1.82, 2.24) is 4.90 Å². The highest BCUT2D eigenvalue weighted by atomic mass is 35.5. The number of ether oxygens (including phenoxy) is 1. The van der Waals surface area contributed by atoms with E-state index in [1.165, 1.54) is 12.0 Å². The molecule has 0 amide bonds. The third-order valence-electron chi connectivity index (χ3n) is 3.88. The molecule has 0 aromatic heterocycles. The van der Waals surface area contributed by atoms with Gasteiger partial charge in [-0.25, -0.2) is 0 Å². The van der Waals surface area contributed by atoms with Crippen LogP contribution < -0.4 is 10.5 Å².